The summed E-state index contributed by atoms with van der Waals surface area (Å²) in [6.45, 7) is 16.1. The van der Waals surface area contributed by atoms with Crippen LogP contribution in [-0.4, -0.2) is 69.8 Å². The van der Waals surface area contributed by atoms with Gasteiger partial charge in [0.2, 0.25) is 0 Å². The van der Waals surface area contributed by atoms with Gasteiger partial charge in [-0.05, 0) is 109 Å². The molecule has 4 N–H and O–H groups in total. The zero-order valence-corrected chi connectivity index (χ0v) is 31.0. The first-order valence-electron chi connectivity index (χ1n) is 17.3. The zero-order chi connectivity index (χ0) is 32.3. The molecule has 0 bridgehead atoms. The molecule has 0 amide bonds. The summed E-state index contributed by atoms with van der Waals surface area (Å²) in [6, 6.07) is 0. The summed E-state index contributed by atoms with van der Waals surface area (Å²) < 4.78 is 12.2. The van der Waals surface area contributed by atoms with Crippen LogP contribution in [0.3, 0.4) is 0 Å². The monoisotopic (exact) mass is 640 g/mol. The number of allylic oxidation sites excluding steroid dienone is 2. The van der Waals surface area contributed by atoms with Crippen molar-refractivity contribution in [1.82, 2.24) is 0 Å². The van der Waals surface area contributed by atoms with Crippen molar-refractivity contribution in [2.45, 2.75) is 149 Å². The number of carbonyl (C=O) groups excluding carboxylic acids is 1. The minimum Gasteiger partial charge on any atom is -0.550 e. The van der Waals surface area contributed by atoms with Crippen molar-refractivity contribution in [3.05, 3.63) is 11.6 Å². The molecule has 6 aliphatic rings. The smallest absolute Gasteiger partial charge is 0.550 e. The molecular formula is C36H57NaO8. The number of fused-ring (bicyclic) bond motifs is 7. The first-order chi connectivity index (χ1) is 20.4. The summed E-state index contributed by atoms with van der Waals surface area (Å²) in [5.74, 6) is -0.00222. The fraction of sp³-hybridized carbons (Fsp3) is 0.917. The number of carboxylic acids is 1. The topological polar surface area (TPSA) is 140 Å². The van der Waals surface area contributed by atoms with Gasteiger partial charge in [-0.15, -0.1) is 0 Å². The largest absolute Gasteiger partial charge is 1.00 e. The van der Waals surface area contributed by atoms with Gasteiger partial charge < -0.3 is 39.8 Å². The van der Waals surface area contributed by atoms with Crippen molar-refractivity contribution in [2.75, 3.05) is 6.61 Å². The Morgan fingerprint density at radius 1 is 0.911 bits per heavy atom. The van der Waals surface area contributed by atoms with E-state index in [1.807, 2.05) is 0 Å². The minimum absolute atomic E-state index is 0. The number of carboxylic acid groups (broad SMARTS) is 1. The van der Waals surface area contributed by atoms with Gasteiger partial charge >= 0.3 is 29.6 Å². The van der Waals surface area contributed by atoms with E-state index < -0.39 is 48.7 Å². The second-order valence-electron chi connectivity index (χ2n) is 17.8. The van der Waals surface area contributed by atoms with E-state index in [9.17, 15) is 30.3 Å². The number of ether oxygens (including phenoxy) is 2. The molecule has 13 atom stereocenters. The fourth-order valence-corrected chi connectivity index (χ4v) is 12.2. The van der Waals surface area contributed by atoms with Crippen LogP contribution in [0.15, 0.2) is 11.6 Å². The summed E-state index contributed by atoms with van der Waals surface area (Å²) in [5, 5.41) is 53.8. The quantitative estimate of drug-likeness (QED) is 0.201. The summed E-state index contributed by atoms with van der Waals surface area (Å²) in [4.78, 5) is 12.8. The molecule has 1 saturated heterocycles. The Labute approximate surface area is 292 Å². The normalized spacial score (nSPS) is 51.7. The van der Waals surface area contributed by atoms with Gasteiger partial charge in [-0.1, -0.05) is 60.1 Å². The maximum Gasteiger partial charge on any atom is 1.00 e. The van der Waals surface area contributed by atoms with Crippen LogP contribution in [-0.2, 0) is 14.3 Å². The molecule has 5 fully saturated rings. The number of rotatable bonds is 4. The van der Waals surface area contributed by atoms with E-state index in [-0.39, 0.29) is 68.7 Å². The molecule has 0 aromatic heterocycles. The van der Waals surface area contributed by atoms with Gasteiger partial charge in [0.05, 0.1) is 12.7 Å². The molecule has 4 saturated carbocycles. The molecular weight excluding hydrogens is 583 g/mol. The summed E-state index contributed by atoms with van der Waals surface area (Å²) in [5.41, 5.74) is 0.562. The van der Waals surface area contributed by atoms with Gasteiger partial charge in [0.1, 0.15) is 24.4 Å². The average molecular weight is 641 g/mol. The van der Waals surface area contributed by atoms with Crippen LogP contribution in [0.25, 0.3) is 0 Å². The average Bonchev–Trinajstić information content (AvgIpc) is 2.94. The summed E-state index contributed by atoms with van der Waals surface area (Å²) in [6.07, 6.45) is 4.82. The Balaban J connectivity index is 0.00000400. The van der Waals surface area contributed by atoms with Crippen LogP contribution in [0.5, 0.6) is 0 Å². The molecule has 0 spiro atoms. The van der Waals surface area contributed by atoms with Crippen LogP contribution in [0, 0.1) is 50.2 Å². The Hall–Kier alpha value is -0.0300. The minimum atomic E-state index is -1.46. The van der Waals surface area contributed by atoms with Crippen LogP contribution < -0.4 is 34.7 Å². The van der Waals surface area contributed by atoms with Gasteiger partial charge in [-0.2, -0.15) is 0 Å². The molecule has 6 rings (SSSR count). The Morgan fingerprint density at radius 3 is 2.22 bits per heavy atom. The van der Waals surface area contributed by atoms with Crippen LogP contribution >= 0.6 is 0 Å². The van der Waals surface area contributed by atoms with Crippen molar-refractivity contribution in [3.8, 4) is 0 Å². The molecule has 0 aromatic carbocycles. The third kappa shape index (κ3) is 5.12. The second-order valence-corrected chi connectivity index (χ2v) is 17.8. The SMILES string of the molecule is CC1(C)CC[C@]2(C(=O)[O-])CC[C@]3(C)C(=CC[C@@H]4[C@@]5(C)CC[C@H](O[C@@H]6O[C@H](CO)[C@@H](O)[C@H](O)[C@H]6O)C(C)(C)[C@@H]5CC[C@]43C)[C@@H]2C1.[Na+]. The molecule has 0 unspecified atom stereocenters. The summed E-state index contributed by atoms with van der Waals surface area (Å²) >= 11 is 0. The van der Waals surface area contributed by atoms with Crippen molar-refractivity contribution in [1.29, 1.82) is 0 Å². The Morgan fingerprint density at radius 2 is 1.58 bits per heavy atom. The number of hydrogen-bond acceptors (Lipinski definition) is 8. The van der Waals surface area contributed by atoms with Crippen molar-refractivity contribution in [3.63, 3.8) is 0 Å². The predicted molar refractivity (Wildman–Crippen MR) is 163 cm³/mol. The number of carbonyl (C=O) groups is 1. The number of aliphatic hydroxyl groups is 4. The first kappa shape index (κ1) is 36.3. The second kappa shape index (κ2) is 11.8. The maximum atomic E-state index is 12.8. The summed E-state index contributed by atoms with van der Waals surface area (Å²) in [7, 11) is 0. The van der Waals surface area contributed by atoms with Gasteiger partial charge in [0, 0.05) is 11.4 Å². The first-order valence-corrected chi connectivity index (χ1v) is 17.3. The van der Waals surface area contributed by atoms with E-state index in [0.717, 1.165) is 51.4 Å². The molecule has 0 radical (unpaired) electrons. The van der Waals surface area contributed by atoms with E-state index in [0.29, 0.717) is 24.7 Å². The molecule has 1 heterocycles. The Kier molecular flexibility index (Phi) is 9.50. The van der Waals surface area contributed by atoms with Crippen molar-refractivity contribution < 1.29 is 69.4 Å². The van der Waals surface area contributed by atoms with E-state index in [1.165, 1.54) is 5.57 Å². The third-order valence-corrected chi connectivity index (χ3v) is 15.1. The number of aliphatic carboxylic acids is 1. The molecule has 0 aromatic rings. The van der Waals surface area contributed by atoms with Crippen LogP contribution in [0.1, 0.15) is 113 Å². The predicted octanol–water partition coefficient (Wildman–Crippen LogP) is 0.727. The van der Waals surface area contributed by atoms with E-state index >= 15 is 0 Å². The van der Waals surface area contributed by atoms with Crippen molar-refractivity contribution >= 4 is 5.97 Å². The van der Waals surface area contributed by atoms with E-state index in [4.69, 9.17) is 9.47 Å². The van der Waals surface area contributed by atoms with Gasteiger partial charge in [0.15, 0.2) is 6.29 Å². The molecule has 5 aliphatic carbocycles. The zero-order valence-electron chi connectivity index (χ0n) is 29.0. The number of aliphatic hydroxyl groups excluding tert-OH is 4. The van der Waals surface area contributed by atoms with Crippen LogP contribution in [0.2, 0.25) is 0 Å². The maximum absolute atomic E-state index is 12.8. The molecule has 1 aliphatic heterocycles. The van der Waals surface area contributed by atoms with Crippen molar-refractivity contribution in [2.24, 2.45) is 50.2 Å². The third-order valence-electron chi connectivity index (χ3n) is 15.1. The number of hydrogen-bond donors (Lipinski definition) is 4. The molecule has 250 valence electrons. The van der Waals surface area contributed by atoms with Crippen LogP contribution in [0.4, 0.5) is 0 Å². The molecule has 9 heteroatoms. The Bertz CT molecular complexity index is 1190. The standard InChI is InChI=1S/C36H58O8.Na/c1-31(2)14-16-36(30(41)42)17-15-34(6)20(21(36)18-31)8-9-24-33(5)12-11-25(32(3,4)23(33)10-13-35(24,34)7)44-29-28(40)27(39)26(38)22(19-37)43-29;/h8,21-29,37-40H,9-19H2,1-7H3,(H,41,42);/q;+1/p-1/t21-,22+,23-,24+,25-,26+,27-,28+,29-,33-,34+,35+,36-;/m0./s1. The molecule has 45 heavy (non-hydrogen) atoms. The van der Waals surface area contributed by atoms with E-state index in [2.05, 4.69) is 54.5 Å². The molecule has 8 nitrogen and oxygen atoms in total. The van der Waals surface area contributed by atoms with Gasteiger partial charge in [-0.3, -0.25) is 0 Å². The van der Waals surface area contributed by atoms with E-state index in [1.54, 1.807) is 0 Å². The van der Waals surface area contributed by atoms with Gasteiger partial charge in [0.25, 0.3) is 0 Å². The fourth-order valence-electron chi connectivity index (χ4n) is 12.2. The van der Waals surface area contributed by atoms with Gasteiger partial charge in [-0.25, -0.2) is 0 Å².